The third-order valence-corrected chi connectivity index (χ3v) is 8.38. The van der Waals surface area contributed by atoms with Crippen molar-refractivity contribution in [1.82, 2.24) is 4.90 Å². The summed E-state index contributed by atoms with van der Waals surface area (Å²) in [4.78, 5) is 14.4. The van der Waals surface area contributed by atoms with E-state index in [-0.39, 0.29) is 18.7 Å². The zero-order valence-electron chi connectivity index (χ0n) is 29.0. The average Bonchev–Trinajstić information content (AvgIpc) is 2.96. The molecule has 0 fully saturated rings. The number of carbonyl (C=O) groups excluding carboxylic acids is 1. The van der Waals surface area contributed by atoms with E-state index in [1.54, 1.807) is 0 Å². The van der Waals surface area contributed by atoms with Gasteiger partial charge >= 0.3 is 5.97 Å². The number of likely N-dealkylation sites (N-methyl/N-ethyl adjacent to an activating group) is 1. The van der Waals surface area contributed by atoms with Gasteiger partial charge in [0.25, 0.3) is 0 Å². The fourth-order valence-electron chi connectivity index (χ4n) is 5.70. The van der Waals surface area contributed by atoms with Gasteiger partial charge in [0.15, 0.2) is 6.29 Å². The number of ether oxygens (including phenoxy) is 2. The van der Waals surface area contributed by atoms with Crippen molar-refractivity contribution < 1.29 is 19.4 Å². The van der Waals surface area contributed by atoms with Gasteiger partial charge in [0.05, 0.1) is 6.61 Å². The number of carbonyl (C=O) groups is 1. The quantitative estimate of drug-likeness (QED) is 0.0454. The average molecular weight is 598 g/mol. The molecular formula is C37H75NO4. The van der Waals surface area contributed by atoms with E-state index in [1.807, 2.05) is 19.0 Å². The van der Waals surface area contributed by atoms with Crippen LogP contribution in [0.5, 0.6) is 0 Å². The Morgan fingerprint density at radius 3 is 1.31 bits per heavy atom. The summed E-state index contributed by atoms with van der Waals surface area (Å²) in [5, 5.41) is 10.3. The highest BCUT2D eigenvalue weighted by atomic mass is 16.6. The highest BCUT2D eigenvalue weighted by Gasteiger charge is 2.18. The topological polar surface area (TPSA) is 59.0 Å². The first-order valence-electron chi connectivity index (χ1n) is 18.6. The molecule has 2 unspecified atom stereocenters. The van der Waals surface area contributed by atoms with Gasteiger partial charge in [-0.1, -0.05) is 168 Å². The van der Waals surface area contributed by atoms with E-state index in [0.717, 1.165) is 25.7 Å². The third-order valence-electron chi connectivity index (χ3n) is 8.38. The highest BCUT2D eigenvalue weighted by Crippen LogP contribution is 2.15. The fourth-order valence-corrected chi connectivity index (χ4v) is 5.70. The van der Waals surface area contributed by atoms with Gasteiger partial charge in [-0.3, -0.25) is 4.79 Å². The maximum atomic E-state index is 12.4. The molecule has 0 rings (SSSR count). The summed E-state index contributed by atoms with van der Waals surface area (Å²) < 4.78 is 11.4. The Morgan fingerprint density at radius 2 is 0.929 bits per heavy atom. The number of rotatable bonds is 34. The zero-order valence-corrected chi connectivity index (χ0v) is 29.0. The summed E-state index contributed by atoms with van der Waals surface area (Å²) in [5.41, 5.74) is 0. The van der Waals surface area contributed by atoms with Crippen LogP contribution in [0.2, 0.25) is 0 Å². The minimum atomic E-state index is -0.776. The molecular weight excluding hydrogens is 522 g/mol. The molecule has 1 N–H and O–H groups in total. The molecule has 0 aromatic carbocycles. The second-order valence-electron chi connectivity index (χ2n) is 13.2. The molecule has 2 atom stereocenters. The van der Waals surface area contributed by atoms with Gasteiger partial charge in [0, 0.05) is 13.0 Å². The van der Waals surface area contributed by atoms with E-state index in [0.29, 0.717) is 19.4 Å². The second kappa shape index (κ2) is 33.2. The fraction of sp³-hybridized carbons (Fsp3) is 0.973. The summed E-state index contributed by atoms with van der Waals surface area (Å²) in [7, 11) is 3.94. The third kappa shape index (κ3) is 32.3. The molecule has 0 aliphatic rings. The molecule has 252 valence electrons. The Morgan fingerprint density at radius 1 is 0.571 bits per heavy atom. The molecule has 0 radical (unpaired) electrons. The van der Waals surface area contributed by atoms with Gasteiger partial charge < -0.3 is 19.5 Å². The molecule has 0 heterocycles. The van der Waals surface area contributed by atoms with Gasteiger partial charge in [0.1, 0.15) is 6.10 Å². The van der Waals surface area contributed by atoms with E-state index in [4.69, 9.17) is 9.47 Å². The summed E-state index contributed by atoms with van der Waals surface area (Å²) in [6.45, 7) is 5.41. The lowest BCUT2D eigenvalue weighted by Crippen LogP contribution is -2.35. The van der Waals surface area contributed by atoms with Crippen molar-refractivity contribution in [2.75, 3.05) is 27.2 Å². The minimum Gasteiger partial charge on any atom is -0.459 e. The van der Waals surface area contributed by atoms with Crippen LogP contribution < -0.4 is 0 Å². The Hall–Kier alpha value is -0.650. The molecule has 5 heteroatoms. The van der Waals surface area contributed by atoms with Crippen molar-refractivity contribution in [3.8, 4) is 0 Å². The van der Waals surface area contributed by atoms with Crippen LogP contribution in [0.3, 0.4) is 0 Å². The van der Waals surface area contributed by atoms with Crippen molar-refractivity contribution in [1.29, 1.82) is 0 Å². The van der Waals surface area contributed by atoms with Crippen LogP contribution in [0.1, 0.15) is 194 Å². The molecule has 0 spiro atoms. The SMILES string of the molecule is CCCCCCCCCCCCCCCC(=O)OC(COC(O)CCCCCCCCCCCCCCC)CN(C)C. The predicted octanol–water partition coefficient (Wildman–Crippen LogP) is 10.8. The maximum Gasteiger partial charge on any atom is 0.306 e. The predicted molar refractivity (Wildman–Crippen MR) is 181 cm³/mol. The van der Waals surface area contributed by atoms with Gasteiger partial charge in [-0.05, 0) is 33.4 Å². The Balaban J connectivity index is 3.74. The van der Waals surface area contributed by atoms with Crippen LogP contribution in [0, 0.1) is 0 Å². The largest absolute Gasteiger partial charge is 0.459 e. The van der Waals surface area contributed by atoms with Crippen LogP contribution in [-0.4, -0.2) is 55.6 Å². The first-order chi connectivity index (χ1) is 20.5. The van der Waals surface area contributed by atoms with E-state index >= 15 is 0 Å². The van der Waals surface area contributed by atoms with Crippen molar-refractivity contribution in [3.05, 3.63) is 0 Å². The minimum absolute atomic E-state index is 0.139. The summed E-state index contributed by atoms with van der Waals surface area (Å²) in [6, 6.07) is 0. The molecule has 0 aliphatic heterocycles. The molecule has 5 nitrogen and oxygen atoms in total. The van der Waals surface area contributed by atoms with E-state index < -0.39 is 6.29 Å². The van der Waals surface area contributed by atoms with Crippen LogP contribution in [0.25, 0.3) is 0 Å². The Bertz CT molecular complexity index is 542. The number of unbranched alkanes of at least 4 members (excludes halogenated alkanes) is 24. The monoisotopic (exact) mass is 598 g/mol. The van der Waals surface area contributed by atoms with Gasteiger partial charge in [-0.25, -0.2) is 0 Å². The van der Waals surface area contributed by atoms with Crippen molar-refractivity contribution in [2.24, 2.45) is 0 Å². The van der Waals surface area contributed by atoms with Crippen LogP contribution in [-0.2, 0) is 14.3 Å². The molecule has 0 amide bonds. The van der Waals surface area contributed by atoms with Crippen LogP contribution in [0.4, 0.5) is 0 Å². The molecule has 0 aliphatic carbocycles. The highest BCUT2D eigenvalue weighted by molar-refractivity contribution is 5.69. The second-order valence-corrected chi connectivity index (χ2v) is 13.2. The van der Waals surface area contributed by atoms with Crippen LogP contribution >= 0.6 is 0 Å². The number of aliphatic hydroxyl groups excluding tert-OH is 1. The van der Waals surface area contributed by atoms with E-state index in [1.165, 1.54) is 141 Å². The molecule has 0 saturated heterocycles. The molecule has 0 bridgehead atoms. The molecule has 0 saturated carbocycles. The zero-order chi connectivity index (χ0) is 30.9. The summed E-state index contributed by atoms with van der Waals surface area (Å²) in [5.74, 6) is -0.139. The summed E-state index contributed by atoms with van der Waals surface area (Å²) in [6.07, 6.45) is 34.0. The number of nitrogens with zero attached hydrogens (tertiary/aromatic N) is 1. The molecule has 0 aromatic heterocycles. The van der Waals surface area contributed by atoms with Crippen molar-refractivity contribution in [3.63, 3.8) is 0 Å². The van der Waals surface area contributed by atoms with Gasteiger partial charge in [-0.15, -0.1) is 0 Å². The lowest BCUT2D eigenvalue weighted by Gasteiger charge is -2.23. The molecule has 0 aromatic rings. The van der Waals surface area contributed by atoms with E-state index in [2.05, 4.69) is 13.8 Å². The number of hydrogen-bond donors (Lipinski definition) is 1. The van der Waals surface area contributed by atoms with Crippen LogP contribution in [0.15, 0.2) is 0 Å². The smallest absolute Gasteiger partial charge is 0.306 e. The number of esters is 1. The van der Waals surface area contributed by atoms with Gasteiger partial charge in [0.2, 0.25) is 0 Å². The lowest BCUT2D eigenvalue weighted by molar-refractivity contribution is -0.164. The van der Waals surface area contributed by atoms with Crippen molar-refractivity contribution >= 4 is 5.97 Å². The van der Waals surface area contributed by atoms with Gasteiger partial charge in [-0.2, -0.15) is 0 Å². The maximum absolute atomic E-state index is 12.4. The van der Waals surface area contributed by atoms with Crippen molar-refractivity contribution in [2.45, 2.75) is 206 Å². The first-order valence-corrected chi connectivity index (χ1v) is 18.6. The standard InChI is InChI=1S/C37H75NO4/c1-5-7-9-11-13-15-17-19-21-23-25-27-29-31-36(39)41-34-35(33-38(3)4)42-37(40)32-30-28-26-24-22-20-18-16-14-12-10-8-6-2/h35-36,39H,5-34H2,1-4H3. The normalized spacial score (nSPS) is 13.1. The Labute approximate surface area is 263 Å². The Kier molecular flexibility index (Phi) is 32.7. The molecule has 42 heavy (non-hydrogen) atoms. The first kappa shape index (κ1) is 41.4. The number of aliphatic hydroxyl groups is 1. The number of hydrogen-bond acceptors (Lipinski definition) is 5. The van der Waals surface area contributed by atoms with E-state index in [9.17, 15) is 9.90 Å². The lowest BCUT2D eigenvalue weighted by atomic mass is 10.0. The summed E-state index contributed by atoms with van der Waals surface area (Å²) >= 11 is 0.